The van der Waals surface area contributed by atoms with Gasteiger partial charge in [-0.15, -0.1) is 0 Å². The third-order valence-electron chi connectivity index (χ3n) is 5.01. The van der Waals surface area contributed by atoms with E-state index in [1.165, 1.54) is 24.0 Å². The smallest absolute Gasteiger partial charge is 0.226 e. The van der Waals surface area contributed by atoms with Crippen molar-refractivity contribution in [3.8, 4) is 5.75 Å². The predicted octanol–water partition coefficient (Wildman–Crippen LogP) is 3.45. The standard InChI is InChI=1S/C23H29N3O3S/c1-17(27)24-22(19-6-8-21(29-2)9-7-19)15-23(28)25-20-5-3-4-18(14-20)16-26-10-12-30-13-11-26/h3-9,14,22H,10-13,15-16H2,1-2H3,(H,24,27)(H,25,28). The average Bonchev–Trinajstić information content (AvgIpc) is 2.74. The number of carbonyl (C=O) groups is 2. The van der Waals surface area contributed by atoms with Crippen LogP contribution in [0.3, 0.4) is 0 Å². The molecule has 1 aliphatic heterocycles. The summed E-state index contributed by atoms with van der Waals surface area (Å²) in [6, 6.07) is 15.0. The Morgan fingerprint density at radius 1 is 1.13 bits per heavy atom. The van der Waals surface area contributed by atoms with Gasteiger partial charge in [0.05, 0.1) is 19.6 Å². The van der Waals surface area contributed by atoms with Gasteiger partial charge >= 0.3 is 0 Å². The van der Waals surface area contributed by atoms with Crippen LogP contribution in [-0.4, -0.2) is 48.4 Å². The maximum absolute atomic E-state index is 12.7. The summed E-state index contributed by atoms with van der Waals surface area (Å²) in [6.07, 6.45) is 0.152. The van der Waals surface area contributed by atoms with Crippen LogP contribution in [0.5, 0.6) is 5.75 Å². The number of thioether (sulfide) groups is 1. The van der Waals surface area contributed by atoms with Crippen molar-refractivity contribution < 1.29 is 14.3 Å². The Labute approximate surface area is 182 Å². The Bertz CT molecular complexity index is 851. The maximum Gasteiger partial charge on any atom is 0.226 e. The lowest BCUT2D eigenvalue weighted by molar-refractivity contribution is -0.120. The largest absolute Gasteiger partial charge is 0.497 e. The molecular formula is C23H29N3O3S. The van der Waals surface area contributed by atoms with Crippen LogP contribution in [0.25, 0.3) is 0 Å². The molecule has 2 N–H and O–H groups in total. The zero-order valence-corrected chi connectivity index (χ0v) is 18.3. The molecule has 2 aromatic rings. The van der Waals surface area contributed by atoms with Crippen LogP contribution >= 0.6 is 11.8 Å². The summed E-state index contributed by atoms with van der Waals surface area (Å²) in [5.74, 6) is 2.76. The number of methoxy groups -OCH3 is 1. The van der Waals surface area contributed by atoms with Crippen molar-refractivity contribution in [3.05, 3.63) is 59.7 Å². The fraction of sp³-hybridized carbons (Fsp3) is 0.391. The van der Waals surface area contributed by atoms with E-state index in [0.717, 1.165) is 36.6 Å². The van der Waals surface area contributed by atoms with Gasteiger partial charge in [-0.3, -0.25) is 14.5 Å². The highest BCUT2D eigenvalue weighted by atomic mass is 32.2. The van der Waals surface area contributed by atoms with E-state index in [9.17, 15) is 9.59 Å². The van der Waals surface area contributed by atoms with Gasteiger partial charge in [0.25, 0.3) is 0 Å². The number of amides is 2. The molecule has 1 aliphatic rings. The molecule has 1 unspecified atom stereocenters. The van der Waals surface area contributed by atoms with Crippen molar-refractivity contribution in [2.24, 2.45) is 0 Å². The van der Waals surface area contributed by atoms with Gasteiger partial charge in [-0.05, 0) is 35.4 Å². The number of carbonyl (C=O) groups excluding carboxylic acids is 2. The highest BCUT2D eigenvalue weighted by Gasteiger charge is 2.18. The second-order valence-corrected chi connectivity index (χ2v) is 8.59. The van der Waals surface area contributed by atoms with Gasteiger partial charge in [-0.2, -0.15) is 11.8 Å². The first-order valence-electron chi connectivity index (χ1n) is 10.1. The molecule has 1 heterocycles. The molecule has 1 atom stereocenters. The van der Waals surface area contributed by atoms with Crippen molar-refractivity contribution in [3.63, 3.8) is 0 Å². The second-order valence-electron chi connectivity index (χ2n) is 7.37. The van der Waals surface area contributed by atoms with Gasteiger partial charge in [0.1, 0.15) is 5.75 Å². The number of ether oxygens (including phenoxy) is 1. The average molecular weight is 428 g/mol. The molecule has 1 fully saturated rings. The van der Waals surface area contributed by atoms with E-state index in [2.05, 4.69) is 21.6 Å². The fourth-order valence-electron chi connectivity index (χ4n) is 3.50. The zero-order chi connectivity index (χ0) is 21.3. The van der Waals surface area contributed by atoms with Crippen molar-refractivity contribution in [2.75, 3.05) is 37.0 Å². The molecule has 0 aromatic heterocycles. The Morgan fingerprint density at radius 3 is 2.53 bits per heavy atom. The number of hydrogen-bond acceptors (Lipinski definition) is 5. The van der Waals surface area contributed by atoms with Crippen molar-refractivity contribution in [1.29, 1.82) is 0 Å². The van der Waals surface area contributed by atoms with Crippen LogP contribution < -0.4 is 15.4 Å². The maximum atomic E-state index is 12.7. The molecule has 30 heavy (non-hydrogen) atoms. The van der Waals surface area contributed by atoms with E-state index in [1.54, 1.807) is 7.11 Å². The van der Waals surface area contributed by atoms with E-state index in [4.69, 9.17) is 4.74 Å². The Morgan fingerprint density at radius 2 is 1.87 bits per heavy atom. The summed E-state index contributed by atoms with van der Waals surface area (Å²) in [7, 11) is 1.60. The lowest BCUT2D eigenvalue weighted by Gasteiger charge is -2.26. The first-order valence-corrected chi connectivity index (χ1v) is 11.3. The summed E-state index contributed by atoms with van der Waals surface area (Å²) < 4.78 is 5.18. The van der Waals surface area contributed by atoms with E-state index in [0.29, 0.717) is 0 Å². The third kappa shape index (κ3) is 6.78. The van der Waals surface area contributed by atoms with Crippen molar-refractivity contribution in [1.82, 2.24) is 10.2 Å². The van der Waals surface area contributed by atoms with Crippen molar-refractivity contribution in [2.45, 2.75) is 25.9 Å². The molecule has 160 valence electrons. The Hall–Kier alpha value is -2.51. The van der Waals surface area contributed by atoms with Crippen LogP contribution in [0.1, 0.15) is 30.5 Å². The number of nitrogens with zero attached hydrogens (tertiary/aromatic N) is 1. The SMILES string of the molecule is COc1ccc(C(CC(=O)Nc2cccc(CN3CCSCC3)c2)NC(C)=O)cc1. The quantitative estimate of drug-likeness (QED) is 0.675. The van der Waals surface area contributed by atoms with Crippen LogP contribution in [0.15, 0.2) is 48.5 Å². The number of anilines is 1. The van der Waals surface area contributed by atoms with E-state index in [1.807, 2.05) is 54.2 Å². The lowest BCUT2D eigenvalue weighted by atomic mass is 10.0. The van der Waals surface area contributed by atoms with Gasteiger partial charge in [0.15, 0.2) is 0 Å². The van der Waals surface area contributed by atoms with Crippen LogP contribution in [0, 0.1) is 0 Å². The number of nitrogens with one attached hydrogen (secondary N) is 2. The molecule has 0 saturated carbocycles. The molecule has 0 spiro atoms. The normalized spacial score (nSPS) is 15.3. The molecule has 6 nitrogen and oxygen atoms in total. The van der Waals surface area contributed by atoms with Gasteiger partial charge in [-0.1, -0.05) is 24.3 Å². The summed E-state index contributed by atoms with van der Waals surface area (Å²) >= 11 is 2.00. The molecule has 0 aliphatic carbocycles. The van der Waals surface area contributed by atoms with Crippen LogP contribution in [0.4, 0.5) is 5.69 Å². The Balaban J connectivity index is 1.62. The minimum absolute atomic E-state index is 0.143. The highest BCUT2D eigenvalue weighted by Crippen LogP contribution is 2.22. The van der Waals surface area contributed by atoms with Gasteiger partial charge in [0, 0.05) is 43.8 Å². The summed E-state index contributed by atoms with van der Waals surface area (Å²) in [6.45, 7) is 4.55. The number of hydrogen-bond donors (Lipinski definition) is 2. The van der Waals surface area contributed by atoms with Gasteiger partial charge in [0.2, 0.25) is 11.8 Å². The molecule has 0 radical (unpaired) electrons. The summed E-state index contributed by atoms with van der Waals surface area (Å²) in [5, 5.41) is 5.84. The topological polar surface area (TPSA) is 70.7 Å². The molecule has 2 aromatic carbocycles. The van der Waals surface area contributed by atoms with Crippen molar-refractivity contribution >= 4 is 29.3 Å². The van der Waals surface area contributed by atoms with E-state index >= 15 is 0 Å². The minimum atomic E-state index is -0.401. The first kappa shape index (κ1) is 22.2. The molecule has 1 saturated heterocycles. The number of rotatable bonds is 8. The van der Waals surface area contributed by atoms with Gasteiger partial charge < -0.3 is 15.4 Å². The minimum Gasteiger partial charge on any atom is -0.497 e. The first-order chi connectivity index (χ1) is 14.5. The van der Waals surface area contributed by atoms with Crippen LogP contribution in [-0.2, 0) is 16.1 Å². The third-order valence-corrected chi connectivity index (χ3v) is 5.95. The summed E-state index contributed by atoms with van der Waals surface area (Å²) in [4.78, 5) is 26.8. The molecule has 2 amide bonds. The Kier molecular flexibility index (Phi) is 8.16. The second kappa shape index (κ2) is 11.0. The lowest BCUT2D eigenvalue weighted by Crippen LogP contribution is -2.32. The fourth-order valence-corrected chi connectivity index (χ4v) is 4.47. The molecule has 0 bridgehead atoms. The molecule has 7 heteroatoms. The monoisotopic (exact) mass is 427 g/mol. The summed E-state index contributed by atoms with van der Waals surface area (Å²) in [5.41, 5.74) is 2.83. The number of benzene rings is 2. The zero-order valence-electron chi connectivity index (χ0n) is 17.5. The van der Waals surface area contributed by atoms with E-state index < -0.39 is 6.04 Å². The molecule has 3 rings (SSSR count). The predicted molar refractivity (Wildman–Crippen MR) is 122 cm³/mol. The van der Waals surface area contributed by atoms with Crippen LogP contribution in [0.2, 0.25) is 0 Å². The molecular weight excluding hydrogens is 398 g/mol. The van der Waals surface area contributed by atoms with Gasteiger partial charge in [-0.25, -0.2) is 0 Å². The highest BCUT2D eigenvalue weighted by molar-refractivity contribution is 7.99. The van der Waals surface area contributed by atoms with E-state index in [-0.39, 0.29) is 18.2 Å².